The van der Waals surface area contributed by atoms with E-state index in [1.807, 2.05) is 62.8 Å². The van der Waals surface area contributed by atoms with Gasteiger partial charge in [0.15, 0.2) is 11.5 Å². The van der Waals surface area contributed by atoms with Crippen molar-refractivity contribution in [2.24, 2.45) is 0 Å². The molecule has 5 rings (SSSR count). The molecule has 0 N–H and O–H groups in total. The van der Waals surface area contributed by atoms with Crippen LogP contribution in [0.25, 0.3) is 11.0 Å². The zero-order chi connectivity index (χ0) is 27.2. The maximum Gasteiger partial charge on any atom is 0.161 e. The summed E-state index contributed by atoms with van der Waals surface area (Å²) in [6.45, 7) is 4.02. The Kier molecular flexibility index (Phi) is 8.16. The fourth-order valence-corrected chi connectivity index (χ4v) is 4.61. The lowest BCUT2D eigenvalue weighted by Crippen LogP contribution is -2.36. The van der Waals surface area contributed by atoms with Gasteiger partial charge in [-0.15, -0.1) is 0 Å². The first kappa shape index (κ1) is 26.4. The van der Waals surface area contributed by atoms with E-state index in [0.717, 1.165) is 47.8 Å². The van der Waals surface area contributed by atoms with Crippen molar-refractivity contribution < 1.29 is 14.2 Å². The fourth-order valence-electron chi connectivity index (χ4n) is 4.61. The number of ether oxygens (including phenoxy) is 3. The predicted octanol–water partition coefficient (Wildman–Crippen LogP) is 3.97. The molecule has 0 spiro atoms. The van der Waals surface area contributed by atoms with Gasteiger partial charge in [0, 0.05) is 31.4 Å². The molecule has 0 unspecified atom stereocenters. The van der Waals surface area contributed by atoms with Crippen molar-refractivity contribution in [2.75, 3.05) is 52.4 Å². The van der Waals surface area contributed by atoms with Gasteiger partial charge < -0.3 is 24.0 Å². The molecule has 1 aliphatic heterocycles. The lowest BCUT2D eigenvalue weighted by atomic mass is 9.98. The maximum atomic E-state index is 10.1. The van der Waals surface area contributed by atoms with Gasteiger partial charge in [0.25, 0.3) is 0 Å². The first-order valence-electron chi connectivity index (χ1n) is 12.9. The Labute approximate surface area is 228 Å². The number of nitriles is 1. The highest BCUT2D eigenvalue weighted by Crippen LogP contribution is 2.31. The Morgan fingerprint density at radius 3 is 2.54 bits per heavy atom. The molecule has 0 aliphatic carbocycles. The summed E-state index contributed by atoms with van der Waals surface area (Å²) in [4.78, 5) is 18.1. The Morgan fingerprint density at radius 2 is 1.82 bits per heavy atom. The molecular weight excluding hydrogens is 492 g/mol. The number of morpholine rings is 1. The van der Waals surface area contributed by atoms with E-state index in [2.05, 4.69) is 25.8 Å². The molecule has 1 fully saturated rings. The van der Waals surface area contributed by atoms with Crippen LogP contribution >= 0.6 is 0 Å². The normalized spacial score (nSPS) is 13.5. The van der Waals surface area contributed by atoms with Crippen molar-refractivity contribution in [1.82, 2.24) is 19.9 Å². The Hall–Kier alpha value is -4.26. The van der Waals surface area contributed by atoms with Crippen LogP contribution in [0.5, 0.6) is 11.5 Å². The van der Waals surface area contributed by atoms with Crippen molar-refractivity contribution in [1.29, 1.82) is 5.26 Å². The highest BCUT2D eigenvalue weighted by molar-refractivity contribution is 5.83. The number of pyridine rings is 1. The lowest BCUT2D eigenvalue weighted by molar-refractivity contribution is 0.122. The number of aromatic nitrogens is 3. The summed E-state index contributed by atoms with van der Waals surface area (Å²) in [6.07, 6.45) is 4.17. The van der Waals surface area contributed by atoms with Crippen molar-refractivity contribution in [3.8, 4) is 17.6 Å². The van der Waals surface area contributed by atoms with Gasteiger partial charge in [0.2, 0.25) is 0 Å². The van der Waals surface area contributed by atoms with E-state index >= 15 is 0 Å². The average molecular weight is 525 g/mol. The number of methoxy groups -OCH3 is 1. The second-order valence-corrected chi connectivity index (χ2v) is 9.75. The van der Waals surface area contributed by atoms with E-state index in [1.54, 1.807) is 13.3 Å². The number of fused-ring (bicyclic) bond motifs is 1. The molecule has 3 heterocycles. The Balaban J connectivity index is 1.33. The molecule has 1 aliphatic rings. The molecule has 4 aromatic rings. The SMILES string of the molecule is COc1cc(Cc2ccc3ncc(N4CCOCC4)nc3c2C#N)ccc1OCc1ccc(CN(C)C)nc1. The predicted molar refractivity (Wildman–Crippen MR) is 149 cm³/mol. The van der Waals surface area contributed by atoms with Crippen LogP contribution in [-0.2, 0) is 24.3 Å². The van der Waals surface area contributed by atoms with E-state index in [9.17, 15) is 5.26 Å². The summed E-state index contributed by atoms with van der Waals surface area (Å²) in [7, 11) is 5.67. The minimum atomic E-state index is 0.387. The summed E-state index contributed by atoms with van der Waals surface area (Å²) in [6, 6.07) is 16.2. The fraction of sp³-hybridized carbons (Fsp3) is 0.333. The maximum absolute atomic E-state index is 10.1. The van der Waals surface area contributed by atoms with Crippen LogP contribution in [0.1, 0.15) is 27.9 Å². The molecule has 0 radical (unpaired) electrons. The zero-order valence-corrected chi connectivity index (χ0v) is 22.6. The molecule has 0 bridgehead atoms. The van der Waals surface area contributed by atoms with Crippen LogP contribution in [0.15, 0.2) is 54.9 Å². The van der Waals surface area contributed by atoms with Crippen LogP contribution in [-0.4, -0.2) is 67.4 Å². The first-order valence-corrected chi connectivity index (χ1v) is 12.9. The smallest absolute Gasteiger partial charge is 0.161 e. The number of hydrogen-bond donors (Lipinski definition) is 0. The second kappa shape index (κ2) is 12.1. The van der Waals surface area contributed by atoms with Gasteiger partial charge in [0.1, 0.15) is 24.0 Å². The summed E-state index contributed by atoms with van der Waals surface area (Å²) in [5, 5.41) is 10.1. The molecule has 0 atom stereocenters. The molecule has 9 nitrogen and oxygen atoms in total. The highest BCUT2D eigenvalue weighted by atomic mass is 16.5. The molecule has 2 aromatic carbocycles. The Bertz CT molecular complexity index is 1480. The van der Waals surface area contributed by atoms with Gasteiger partial charge in [-0.05, 0) is 55.9 Å². The van der Waals surface area contributed by atoms with E-state index in [0.29, 0.717) is 54.3 Å². The van der Waals surface area contributed by atoms with Gasteiger partial charge in [0.05, 0.1) is 43.3 Å². The number of rotatable bonds is 9. The summed E-state index contributed by atoms with van der Waals surface area (Å²) >= 11 is 0. The van der Waals surface area contributed by atoms with Crippen LogP contribution in [0.3, 0.4) is 0 Å². The third-order valence-electron chi connectivity index (χ3n) is 6.62. The van der Waals surface area contributed by atoms with Crippen LogP contribution < -0.4 is 14.4 Å². The summed E-state index contributed by atoms with van der Waals surface area (Å²) in [5.74, 6) is 2.06. The molecule has 0 amide bonds. The molecule has 39 heavy (non-hydrogen) atoms. The summed E-state index contributed by atoms with van der Waals surface area (Å²) < 4.78 is 17.1. The number of hydrogen-bond acceptors (Lipinski definition) is 9. The second-order valence-electron chi connectivity index (χ2n) is 9.75. The lowest BCUT2D eigenvalue weighted by Gasteiger charge is -2.27. The van der Waals surface area contributed by atoms with Gasteiger partial charge in [-0.1, -0.05) is 18.2 Å². The van der Waals surface area contributed by atoms with Gasteiger partial charge in [-0.2, -0.15) is 5.26 Å². The van der Waals surface area contributed by atoms with Crippen molar-refractivity contribution >= 4 is 16.9 Å². The molecule has 9 heteroatoms. The third kappa shape index (κ3) is 6.25. The number of benzene rings is 2. The highest BCUT2D eigenvalue weighted by Gasteiger charge is 2.17. The van der Waals surface area contributed by atoms with Gasteiger partial charge in [-0.25, -0.2) is 4.98 Å². The van der Waals surface area contributed by atoms with Gasteiger partial charge in [-0.3, -0.25) is 9.97 Å². The minimum absolute atomic E-state index is 0.387. The molecule has 1 saturated heterocycles. The summed E-state index contributed by atoms with van der Waals surface area (Å²) in [5.41, 5.74) is 5.75. The molecule has 2 aromatic heterocycles. The monoisotopic (exact) mass is 524 g/mol. The largest absolute Gasteiger partial charge is 0.493 e. The standard InChI is InChI=1S/C30H32N6O3/c1-35(2)19-24-7-4-22(17-32-24)20-39-27-9-5-21(15-28(27)37-3)14-23-6-8-26-30(25(23)16-31)34-29(18-33-26)36-10-12-38-13-11-36/h4-9,15,17-18H,10-14,19-20H2,1-3H3. The number of nitrogens with zero attached hydrogens (tertiary/aromatic N) is 6. The van der Waals surface area contributed by atoms with Crippen molar-refractivity contribution in [3.05, 3.63) is 82.8 Å². The van der Waals surface area contributed by atoms with Crippen molar-refractivity contribution in [2.45, 2.75) is 19.6 Å². The third-order valence-corrected chi connectivity index (χ3v) is 6.62. The van der Waals surface area contributed by atoms with Crippen LogP contribution in [0.4, 0.5) is 5.82 Å². The first-order chi connectivity index (χ1) is 19.0. The zero-order valence-electron chi connectivity index (χ0n) is 22.6. The van der Waals surface area contributed by atoms with E-state index in [1.165, 1.54) is 0 Å². The Morgan fingerprint density at radius 1 is 1.00 bits per heavy atom. The van der Waals surface area contributed by atoms with Crippen LogP contribution in [0, 0.1) is 11.3 Å². The average Bonchev–Trinajstić information content (AvgIpc) is 2.97. The molecular formula is C30H32N6O3. The van der Waals surface area contributed by atoms with E-state index in [-0.39, 0.29) is 0 Å². The van der Waals surface area contributed by atoms with E-state index in [4.69, 9.17) is 19.2 Å². The number of anilines is 1. The topological polar surface area (TPSA) is 96.6 Å². The quantitative estimate of drug-likeness (QED) is 0.322. The van der Waals surface area contributed by atoms with Crippen LogP contribution in [0.2, 0.25) is 0 Å². The van der Waals surface area contributed by atoms with Gasteiger partial charge >= 0.3 is 0 Å². The van der Waals surface area contributed by atoms with Crippen molar-refractivity contribution in [3.63, 3.8) is 0 Å². The molecule has 0 saturated carbocycles. The minimum Gasteiger partial charge on any atom is -0.493 e. The van der Waals surface area contributed by atoms with E-state index < -0.39 is 0 Å². The molecule has 200 valence electrons.